The van der Waals surface area contributed by atoms with Gasteiger partial charge < -0.3 is 5.73 Å². The Balaban J connectivity index is 4.22. The van der Waals surface area contributed by atoms with E-state index < -0.39 is 11.5 Å². The van der Waals surface area contributed by atoms with Crippen LogP contribution in [-0.4, -0.2) is 17.6 Å². The summed E-state index contributed by atoms with van der Waals surface area (Å²) < 4.78 is 0. The number of hydrogen-bond acceptors (Lipinski definition) is 3. The predicted octanol–water partition coefficient (Wildman–Crippen LogP) is 2.57. The molecule has 2 unspecified atom stereocenters. The summed E-state index contributed by atoms with van der Waals surface area (Å²) in [4.78, 5) is 23.6. The Hall–Kier alpha value is -0.700. The van der Waals surface area contributed by atoms with Crippen molar-refractivity contribution in [3.8, 4) is 0 Å². The van der Waals surface area contributed by atoms with Gasteiger partial charge in [0.2, 0.25) is 0 Å². The summed E-state index contributed by atoms with van der Waals surface area (Å²) >= 11 is 0. The van der Waals surface area contributed by atoms with Gasteiger partial charge in [-0.05, 0) is 12.3 Å². The Bertz CT molecular complexity index is 276. The van der Waals surface area contributed by atoms with Gasteiger partial charge in [0.1, 0.15) is 5.78 Å². The first-order chi connectivity index (χ1) is 7.57. The Kier molecular flexibility index (Phi) is 6.03. The maximum Gasteiger partial charge on any atom is 0.154 e. The molecule has 2 N–H and O–H groups in total. The molecule has 2 atom stereocenters. The van der Waals surface area contributed by atoms with E-state index in [1.54, 1.807) is 0 Å². The van der Waals surface area contributed by atoms with Crippen LogP contribution in [0.1, 0.15) is 54.4 Å². The second-order valence-corrected chi connectivity index (χ2v) is 6.26. The number of carbonyl (C=O) groups is 2. The number of ketones is 2. The van der Waals surface area contributed by atoms with Crippen molar-refractivity contribution in [1.82, 2.24) is 0 Å². The number of Topliss-reactive ketones (excluding diaryl/α,β-unsaturated/α-hetero) is 2. The number of rotatable bonds is 6. The molecule has 0 saturated carbocycles. The fourth-order valence-electron chi connectivity index (χ4n) is 1.58. The monoisotopic (exact) mass is 241 g/mol. The molecule has 0 aromatic rings. The lowest BCUT2D eigenvalue weighted by Gasteiger charge is -2.22. The standard InChI is InChI=1S/C14H27NO2/c1-9(2)10(3)12(16)8-7-11(15)13(17)14(4,5)6/h9-11H,7-8,15H2,1-6H3. The highest BCUT2D eigenvalue weighted by molar-refractivity contribution is 5.89. The molecule has 0 aromatic carbocycles. The third kappa shape index (κ3) is 5.44. The summed E-state index contributed by atoms with van der Waals surface area (Å²) in [5, 5.41) is 0. The van der Waals surface area contributed by atoms with Gasteiger partial charge in [0.05, 0.1) is 6.04 Å². The van der Waals surface area contributed by atoms with E-state index >= 15 is 0 Å². The van der Waals surface area contributed by atoms with Crippen molar-refractivity contribution in [1.29, 1.82) is 0 Å². The molecule has 0 aliphatic rings. The molecule has 0 fully saturated rings. The van der Waals surface area contributed by atoms with E-state index in [-0.39, 0.29) is 17.5 Å². The van der Waals surface area contributed by atoms with E-state index in [2.05, 4.69) is 0 Å². The second-order valence-electron chi connectivity index (χ2n) is 6.26. The summed E-state index contributed by atoms with van der Waals surface area (Å²) in [6, 6.07) is -0.515. The lowest BCUT2D eigenvalue weighted by molar-refractivity contribution is -0.128. The van der Waals surface area contributed by atoms with Crippen molar-refractivity contribution in [2.45, 2.75) is 60.4 Å². The average Bonchev–Trinajstić information content (AvgIpc) is 2.21. The first kappa shape index (κ1) is 16.3. The molecule has 17 heavy (non-hydrogen) atoms. The average molecular weight is 241 g/mol. The van der Waals surface area contributed by atoms with E-state index in [4.69, 9.17) is 5.73 Å². The summed E-state index contributed by atoms with van der Waals surface area (Å²) in [5.41, 5.74) is 5.40. The Morgan fingerprint density at radius 2 is 1.59 bits per heavy atom. The van der Waals surface area contributed by atoms with Crippen molar-refractivity contribution in [2.75, 3.05) is 0 Å². The minimum absolute atomic E-state index is 0.0301. The minimum Gasteiger partial charge on any atom is -0.321 e. The lowest BCUT2D eigenvalue weighted by Crippen LogP contribution is -2.39. The van der Waals surface area contributed by atoms with Crippen LogP contribution in [0, 0.1) is 17.3 Å². The number of hydrogen-bond donors (Lipinski definition) is 1. The van der Waals surface area contributed by atoms with Crippen LogP contribution >= 0.6 is 0 Å². The normalized spacial score (nSPS) is 15.8. The van der Waals surface area contributed by atoms with Gasteiger partial charge in [0.25, 0.3) is 0 Å². The van der Waals surface area contributed by atoms with Gasteiger partial charge >= 0.3 is 0 Å². The molecule has 0 rings (SSSR count). The summed E-state index contributed by atoms with van der Waals surface area (Å²) in [5.74, 6) is 0.628. The number of carbonyl (C=O) groups excluding carboxylic acids is 2. The molecule has 0 aliphatic heterocycles. The molecule has 0 aromatic heterocycles. The fraction of sp³-hybridized carbons (Fsp3) is 0.857. The number of nitrogens with two attached hydrogens (primary N) is 1. The molecule has 0 heterocycles. The van der Waals surface area contributed by atoms with Crippen molar-refractivity contribution >= 4 is 11.6 Å². The molecule has 3 heteroatoms. The second kappa shape index (κ2) is 6.29. The van der Waals surface area contributed by atoms with Gasteiger partial charge in [-0.3, -0.25) is 9.59 Å². The topological polar surface area (TPSA) is 60.2 Å². The third-order valence-electron chi connectivity index (χ3n) is 3.29. The third-order valence-corrected chi connectivity index (χ3v) is 3.29. The van der Waals surface area contributed by atoms with Crippen molar-refractivity contribution in [3.63, 3.8) is 0 Å². The molecule has 0 bridgehead atoms. The van der Waals surface area contributed by atoms with Gasteiger partial charge in [0, 0.05) is 17.8 Å². The molecule has 0 aliphatic carbocycles. The molecule has 100 valence electrons. The minimum atomic E-state index is -0.515. The maximum absolute atomic E-state index is 11.8. The highest BCUT2D eigenvalue weighted by atomic mass is 16.1. The Morgan fingerprint density at radius 3 is 1.94 bits per heavy atom. The van der Waals surface area contributed by atoms with Gasteiger partial charge in [-0.25, -0.2) is 0 Å². The zero-order valence-electron chi connectivity index (χ0n) is 12.0. The SMILES string of the molecule is CC(C)C(C)C(=O)CCC(N)C(=O)C(C)(C)C. The lowest BCUT2D eigenvalue weighted by atomic mass is 9.84. The fourth-order valence-corrected chi connectivity index (χ4v) is 1.58. The Labute approximate surface area is 105 Å². The largest absolute Gasteiger partial charge is 0.321 e. The first-order valence-electron chi connectivity index (χ1n) is 6.40. The van der Waals surface area contributed by atoms with E-state index in [0.717, 1.165) is 0 Å². The van der Waals surface area contributed by atoms with E-state index in [1.165, 1.54) is 0 Å². The molecule has 0 radical (unpaired) electrons. The van der Waals surface area contributed by atoms with Crippen LogP contribution in [0.4, 0.5) is 0 Å². The van der Waals surface area contributed by atoms with Gasteiger partial charge in [-0.1, -0.05) is 41.5 Å². The molecule has 3 nitrogen and oxygen atoms in total. The smallest absolute Gasteiger partial charge is 0.154 e. The highest BCUT2D eigenvalue weighted by Crippen LogP contribution is 2.19. The van der Waals surface area contributed by atoms with E-state index in [1.807, 2.05) is 41.5 Å². The predicted molar refractivity (Wildman–Crippen MR) is 70.7 cm³/mol. The summed E-state index contributed by atoms with van der Waals surface area (Å²) in [6.07, 6.45) is 0.869. The first-order valence-corrected chi connectivity index (χ1v) is 6.40. The molecule has 0 amide bonds. The van der Waals surface area contributed by atoms with E-state index in [0.29, 0.717) is 18.8 Å². The van der Waals surface area contributed by atoms with Crippen LogP contribution in [-0.2, 0) is 9.59 Å². The van der Waals surface area contributed by atoms with Crippen LogP contribution in [0.5, 0.6) is 0 Å². The van der Waals surface area contributed by atoms with Crippen molar-refractivity contribution in [2.24, 2.45) is 23.0 Å². The van der Waals surface area contributed by atoms with Crippen molar-refractivity contribution in [3.05, 3.63) is 0 Å². The molecular formula is C14H27NO2. The zero-order chi connectivity index (χ0) is 13.8. The quantitative estimate of drug-likeness (QED) is 0.777. The van der Waals surface area contributed by atoms with Gasteiger partial charge in [-0.15, -0.1) is 0 Å². The van der Waals surface area contributed by atoms with E-state index in [9.17, 15) is 9.59 Å². The van der Waals surface area contributed by atoms with Crippen LogP contribution in [0.2, 0.25) is 0 Å². The van der Waals surface area contributed by atoms with Crippen LogP contribution in [0.3, 0.4) is 0 Å². The highest BCUT2D eigenvalue weighted by Gasteiger charge is 2.27. The maximum atomic E-state index is 11.8. The van der Waals surface area contributed by atoms with Gasteiger partial charge in [0.15, 0.2) is 5.78 Å². The Morgan fingerprint density at radius 1 is 1.12 bits per heavy atom. The van der Waals surface area contributed by atoms with Crippen molar-refractivity contribution < 1.29 is 9.59 Å². The van der Waals surface area contributed by atoms with Crippen LogP contribution in [0.25, 0.3) is 0 Å². The van der Waals surface area contributed by atoms with Crippen LogP contribution < -0.4 is 5.73 Å². The van der Waals surface area contributed by atoms with Gasteiger partial charge in [-0.2, -0.15) is 0 Å². The molecular weight excluding hydrogens is 214 g/mol. The molecule has 0 saturated heterocycles. The zero-order valence-corrected chi connectivity index (χ0v) is 12.0. The van der Waals surface area contributed by atoms with Crippen LogP contribution in [0.15, 0.2) is 0 Å². The molecule has 0 spiro atoms. The summed E-state index contributed by atoms with van der Waals surface area (Å²) in [7, 11) is 0. The summed E-state index contributed by atoms with van der Waals surface area (Å²) in [6.45, 7) is 11.6.